The summed E-state index contributed by atoms with van der Waals surface area (Å²) in [6, 6.07) is 0. The standard InChI is InChI=1S/C18H38O5Si/c1-10-13(19)12(2)15(20)16(14-11-21-18(6,7)22-14)23-24(8,9)17(3,4)5/h12-16,19-20H,10-11H2,1-9H3/t12-,13-,14+,15+,16-/m1/s1. The first-order valence-corrected chi connectivity index (χ1v) is 12.0. The summed E-state index contributed by atoms with van der Waals surface area (Å²) in [6.07, 6.45) is -1.63. The maximum absolute atomic E-state index is 10.9. The van der Waals surface area contributed by atoms with Gasteiger partial charge in [0.15, 0.2) is 14.1 Å². The Bertz CT molecular complexity index is 405. The molecule has 1 aliphatic heterocycles. The molecule has 0 aromatic heterocycles. The number of aliphatic hydroxyl groups is 2. The fraction of sp³-hybridized carbons (Fsp3) is 1.00. The van der Waals surface area contributed by atoms with Crippen molar-refractivity contribution in [3.8, 4) is 0 Å². The van der Waals surface area contributed by atoms with E-state index >= 15 is 0 Å². The molecule has 0 bridgehead atoms. The van der Waals surface area contributed by atoms with Gasteiger partial charge in [0.1, 0.15) is 6.10 Å². The second kappa shape index (κ2) is 7.72. The molecule has 1 aliphatic rings. The zero-order chi connectivity index (χ0) is 18.9. The molecule has 1 saturated heterocycles. The number of ether oxygens (including phenoxy) is 2. The van der Waals surface area contributed by atoms with Crippen molar-refractivity contribution in [1.82, 2.24) is 0 Å². The summed E-state index contributed by atoms with van der Waals surface area (Å²) >= 11 is 0. The predicted octanol–water partition coefficient (Wildman–Crippen LogP) is 3.30. The molecular formula is C18H38O5Si. The Labute approximate surface area is 148 Å². The van der Waals surface area contributed by atoms with Gasteiger partial charge in [-0.2, -0.15) is 0 Å². The average molecular weight is 363 g/mol. The van der Waals surface area contributed by atoms with Gasteiger partial charge in [-0.15, -0.1) is 0 Å². The summed E-state index contributed by atoms with van der Waals surface area (Å²) in [7, 11) is -2.11. The second-order valence-electron chi connectivity index (χ2n) is 9.04. The molecule has 0 unspecified atom stereocenters. The topological polar surface area (TPSA) is 68.2 Å². The van der Waals surface area contributed by atoms with E-state index in [0.717, 1.165) is 0 Å². The number of hydrogen-bond donors (Lipinski definition) is 2. The minimum absolute atomic E-state index is 0.0204. The van der Waals surface area contributed by atoms with E-state index in [4.69, 9.17) is 13.9 Å². The van der Waals surface area contributed by atoms with Gasteiger partial charge in [-0.25, -0.2) is 0 Å². The van der Waals surface area contributed by atoms with Crippen LogP contribution < -0.4 is 0 Å². The highest BCUT2D eigenvalue weighted by Gasteiger charge is 2.48. The van der Waals surface area contributed by atoms with Gasteiger partial charge in [0.05, 0.1) is 24.9 Å². The Balaban J connectivity index is 3.04. The van der Waals surface area contributed by atoms with Gasteiger partial charge in [0.25, 0.3) is 0 Å². The molecule has 0 aromatic carbocycles. The molecule has 6 heteroatoms. The maximum Gasteiger partial charge on any atom is 0.192 e. The molecule has 0 aliphatic carbocycles. The third-order valence-corrected chi connectivity index (χ3v) is 10.0. The lowest BCUT2D eigenvalue weighted by atomic mass is 9.91. The van der Waals surface area contributed by atoms with Crippen molar-refractivity contribution in [2.75, 3.05) is 6.61 Å². The second-order valence-corrected chi connectivity index (χ2v) is 13.8. The molecule has 0 aromatic rings. The zero-order valence-electron chi connectivity index (χ0n) is 16.9. The third-order valence-electron chi connectivity index (χ3n) is 5.53. The van der Waals surface area contributed by atoms with Crippen LogP contribution in [0.3, 0.4) is 0 Å². The molecule has 1 rings (SSSR count). The van der Waals surface area contributed by atoms with Crippen molar-refractivity contribution in [1.29, 1.82) is 0 Å². The normalized spacial score (nSPS) is 26.9. The zero-order valence-corrected chi connectivity index (χ0v) is 17.9. The Morgan fingerprint density at radius 1 is 1.25 bits per heavy atom. The van der Waals surface area contributed by atoms with Crippen molar-refractivity contribution < 1.29 is 24.1 Å². The van der Waals surface area contributed by atoms with Crippen LogP contribution in [0.1, 0.15) is 54.9 Å². The van der Waals surface area contributed by atoms with E-state index in [1.54, 1.807) is 0 Å². The van der Waals surface area contributed by atoms with Crippen LogP contribution in [-0.2, 0) is 13.9 Å². The number of hydrogen-bond acceptors (Lipinski definition) is 5. The van der Waals surface area contributed by atoms with Crippen LogP contribution in [0.5, 0.6) is 0 Å². The average Bonchev–Trinajstić information content (AvgIpc) is 2.81. The van der Waals surface area contributed by atoms with E-state index in [1.165, 1.54) is 0 Å². The van der Waals surface area contributed by atoms with Crippen LogP contribution in [0.15, 0.2) is 0 Å². The van der Waals surface area contributed by atoms with E-state index in [1.807, 2.05) is 27.7 Å². The van der Waals surface area contributed by atoms with Crippen LogP contribution in [0, 0.1) is 5.92 Å². The highest BCUT2D eigenvalue weighted by Crippen LogP contribution is 2.40. The summed E-state index contributed by atoms with van der Waals surface area (Å²) in [5.74, 6) is -0.969. The Morgan fingerprint density at radius 2 is 1.79 bits per heavy atom. The van der Waals surface area contributed by atoms with E-state index in [0.29, 0.717) is 13.0 Å². The van der Waals surface area contributed by atoms with Gasteiger partial charge in [-0.05, 0) is 38.4 Å². The van der Waals surface area contributed by atoms with Crippen molar-refractivity contribution in [3.05, 3.63) is 0 Å². The van der Waals surface area contributed by atoms with Gasteiger partial charge >= 0.3 is 0 Å². The maximum atomic E-state index is 10.9. The summed E-state index contributed by atoms with van der Waals surface area (Å²) in [5.41, 5.74) is 0. The number of rotatable bonds is 7. The highest BCUT2D eigenvalue weighted by atomic mass is 28.4. The lowest BCUT2D eigenvalue weighted by Gasteiger charge is -2.43. The summed E-state index contributed by atoms with van der Waals surface area (Å²) in [5, 5.41) is 21.1. The highest BCUT2D eigenvalue weighted by molar-refractivity contribution is 6.74. The molecule has 5 nitrogen and oxygen atoms in total. The Hall–Kier alpha value is 0.0169. The summed E-state index contributed by atoms with van der Waals surface area (Å²) in [6.45, 7) is 18.7. The van der Waals surface area contributed by atoms with Gasteiger partial charge in [0, 0.05) is 5.92 Å². The minimum atomic E-state index is -2.11. The van der Waals surface area contributed by atoms with Crippen LogP contribution in [0.4, 0.5) is 0 Å². The molecule has 0 amide bonds. The molecule has 1 fully saturated rings. The first-order chi connectivity index (χ1) is 10.7. The molecule has 24 heavy (non-hydrogen) atoms. The van der Waals surface area contributed by atoms with Crippen molar-refractivity contribution in [3.63, 3.8) is 0 Å². The van der Waals surface area contributed by atoms with E-state index in [9.17, 15) is 10.2 Å². The molecule has 144 valence electrons. The molecule has 5 atom stereocenters. The summed E-state index contributed by atoms with van der Waals surface area (Å²) < 4.78 is 18.2. The Kier molecular flexibility index (Phi) is 7.10. The van der Waals surface area contributed by atoms with E-state index < -0.39 is 32.4 Å². The number of aliphatic hydroxyl groups excluding tert-OH is 2. The van der Waals surface area contributed by atoms with Crippen LogP contribution in [-0.4, -0.2) is 55.3 Å². The van der Waals surface area contributed by atoms with Gasteiger partial charge in [0.2, 0.25) is 0 Å². The van der Waals surface area contributed by atoms with Crippen LogP contribution >= 0.6 is 0 Å². The molecule has 0 saturated carbocycles. The monoisotopic (exact) mass is 362 g/mol. The van der Waals surface area contributed by atoms with Gasteiger partial charge in [-0.3, -0.25) is 0 Å². The van der Waals surface area contributed by atoms with Gasteiger partial charge < -0.3 is 24.1 Å². The molecule has 0 radical (unpaired) electrons. The lowest BCUT2D eigenvalue weighted by Crippen LogP contribution is -2.54. The predicted molar refractivity (Wildman–Crippen MR) is 98.4 cm³/mol. The molecule has 2 N–H and O–H groups in total. The fourth-order valence-electron chi connectivity index (χ4n) is 2.66. The van der Waals surface area contributed by atoms with Crippen LogP contribution in [0.25, 0.3) is 0 Å². The third kappa shape index (κ3) is 5.26. The van der Waals surface area contributed by atoms with Crippen LogP contribution in [0.2, 0.25) is 18.1 Å². The summed E-state index contributed by atoms with van der Waals surface area (Å²) in [4.78, 5) is 0. The first kappa shape index (κ1) is 22.1. The van der Waals surface area contributed by atoms with E-state index in [-0.39, 0.29) is 17.1 Å². The van der Waals surface area contributed by atoms with Crippen molar-refractivity contribution in [2.45, 2.75) is 103 Å². The molecule has 1 heterocycles. The van der Waals surface area contributed by atoms with Gasteiger partial charge in [-0.1, -0.05) is 34.6 Å². The fourth-order valence-corrected chi connectivity index (χ4v) is 3.98. The molecule has 0 spiro atoms. The van der Waals surface area contributed by atoms with Crippen molar-refractivity contribution in [2.24, 2.45) is 5.92 Å². The smallest absolute Gasteiger partial charge is 0.192 e. The Morgan fingerprint density at radius 3 is 2.17 bits per heavy atom. The minimum Gasteiger partial charge on any atom is -0.409 e. The lowest BCUT2D eigenvalue weighted by molar-refractivity contribution is -0.164. The largest absolute Gasteiger partial charge is 0.409 e. The first-order valence-electron chi connectivity index (χ1n) is 9.07. The van der Waals surface area contributed by atoms with Crippen molar-refractivity contribution >= 4 is 8.32 Å². The van der Waals surface area contributed by atoms with E-state index in [2.05, 4.69) is 33.9 Å². The quantitative estimate of drug-likeness (QED) is 0.680. The molecular weight excluding hydrogens is 324 g/mol. The SMILES string of the molecule is CC[C@@H](O)[C@@H](C)[C@H](O)[C@H](O[Si](C)(C)C(C)(C)C)[C@@H]1COC(C)(C)O1.